The Morgan fingerprint density at radius 1 is 1.16 bits per heavy atom. The van der Waals surface area contributed by atoms with Crippen molar-refractivity contribution in [1.82, 2.24) is 9.91 Å². The number of nitrogens with one attached hydrogen (secondary N) is 1. The van der Waals surface area contributed by atoms with E-state index in [-0.39, 0.29) is 18.2 Å². The number of hydrogen-bond acceptors (Lipinski definition) is 6. The third kappa shape index (κ3) is 5.64. The fourth-order valence-corrected chi connectivity index (χ4v) is 3.87. The molecule has 0 aliphatic carbocycles. The molecule has 8 heteroatoms. The number of benzene rings is 2. The average molecular weight is 437 g/mol. The van der Waals surface area contributed by atoms with E-state index >= 15 is 0 Å². The van der Waals surface area contributed by atoms with Crippen LogP contribution in [-0.2, 0) is 11.2 Å². The fraction of sp³-hybridized carbons (Fsp3) is 0.375. The lowest BCUT2D eigenvalue weighted by Gasteiger charge is -2.30. The van der Waals surface area contributed by atoms with Gasteiger partial charge >= 0.3 is 5.97 Å². The first-order chi connectivity index (χ1) is 15.5. The Labute approximate surface area is 187 Å². The van der Waals surface area contributed by atoms with Crippen molar-refractivity contribution in [2.24, 2.45) is 11.0 Å². The molecule has 1 fully saturated rings. The van der Waals surface area contributed by atoms with Gasteiger partial charge in [0.1, 0.15) is 5.75 Å². The van der Waals surface area contributed by atoms with Crippen LogP contribution < -0.4 is 10.1 Å². The summed E-state index contributed by atoms with van der Waals surface area (Å²) in [6.45, 7) is 4.22. The van der Waals surface area contributed by atoms with Crippen LogP contribution in [0, 0.1) is 5.92 Å². The molecule has 2 aromatic rings. The monoisotopic (exact) mass is 436 g/mol. The largest absolute Gasteiger partial charge is 0.493 e. The highest BCUT2D eigenvalue weighted by molar-refractivity contribution is 6.04. The van der Waals surface area contributed by atoms with Gasteiger partial charge in [0.05, 0.1) is 19.2 Å². The molecule has 2 aromatic carbocycles. The number of carbonyl (C=O) groups excluding carboxylic acids is 1. The van der Waals surface area contributed by atoms with Crippen molar-refractivity contribution in [1.29, 1.82) is 0 Å². The van der Waals surface area contributed by atoms with Gasteiger partial charge in [0.25, 0.3) is 5.91 Å². The summed E-state index contributed by atoms with van der Waals surface area (Å²) in [4.78, 5) is 25.9. The maximum absolute atomic E-state index is 12.7. The molecule has 2 N–H and O–H groups in total. The van der Waals surface area contributed by atoms with E-state index < -0.39 is 5.97 Å². The van der Waals surface area contributed by atoms with Crippen LogP contribution in [0.2, 0.25) is 0 Å². The number of carboxylic acids is 1. The van der Waals surface area contributed by atoms with Crippen LogP contribution in [-0.4, -0.2) is 72.9 Å². The van der Waals surface area contributed by atoms with Crippen LogP contribution in [0.3, 0.4) is 0 Å². The van der Waals surface area contributed by atoms with Crippen molar-refractivity contribution in [3.63, 3.8) is 0 Å². The van der Waals surface area contributed by atoms with Gasteiger partial charge in [-0.3, -0.25) is 14.6 Å². The Kier molecular flexibility index (Phi) is 6.70. The van der Waals surface area contributed by atoms with Crippen molar-refractivity contribution >= 4 is 23.8 Å². The number of fused-ring (bicyclic) bond motifs is 1. The summed E-state index contributed by atoms with van der Waals surface area (Å²) >= 11 is 0. The second kappa shape index (κ2) is 9.82. The van der Waals surface area contributed by atoms with E-state index in [0.717, 1.165) is 37.3 Å². The summed E-state index contributed by atoms with van der Waals surface area (Å²) in [6, 6.07) is 12.9. The predicted molar refractivity (Wildman–Crippen MR) is 122 cm³/mol. The van der Waals surface area contributed by atoms with Gasteiger partial charge in [-0.2, -0.15) is 5.10 Å². The number of hydrogen-bond donors (Lipinski definition) is 2. The zero-order valence-corrected chi connectivity index (χ0v) is 18.2. The highest BCUT2D eigenvalue weighted by Gasteiger charge is 2.23. The molecule has 0 spiro atoms. The second-order valence-electron chi connectivity index (χ2n) is 8.38. The molecular weight excluding hydrogens is 408 g/mol. The van der Waals surface area contributed by atoms with E-state index in [1.54, 1.807) is 12.1 Å². The second-order valence-corrected chi connectivity index (χ2v) is 8.38. The number of ether oxygens (including phenoxy) is 1. The minimum atomic E-state index is -0.824. The molecule has 0 bridgehead atoms. The molecule has 2 aliphatic heterocycles. The van der Waals surface area contributed by atoms with Gasteiger partial charge < -0.3 is 20.1 Å². The summed E-state index contributed by atoms with van der Waals surface area (Å²) in [5.74, 6) is -0.440. The number of hydrazone groups is 1. The van der Waals surface area contributed by atoms with Crippen LogP contribution in [0.15, 0.2) is 47.6 Å². The Morgan fingerprint density at radius 2 is 1.91 bits per heavy atom. The van der Waals surface area contributed by atoms with Crippen LogP contribution >= 0.6 is 0 Å². The van der Waals surface area contributed by atoms with E-state index in [1.165, 1.54) is 0 Å². The Hall–Kier alpha value is -3.39. The van der Waals surface area contributed by atoms with Crippen LogP contribution in [0.5, 0.6) is 5.75 Å². The summed E-state index contributed by atoms with van der Waals surface area (Å²) in [7, 11) is 2.11. The van der Waals surface area contributed by atoms with Gasteiger partial charge in [-0.25, -0.2) is 0 Å². The first-order valence-electron chi connectivity index (χ1n) is 10.8. The number of carbonyl (C=O) groups is 2. The molecule has 32 heavy (non-hydrogen) atoms. The standard InChI is InChI=1S/C24H28N4O4/c1-27-8-10-28(11-9-27)25-15-17-2-6-21(7-3-17)26-24(31)20-5-4-19-12-18(13-23(29)30)16-32-22(19)14-20/h2-7,14-15,18H,8-13,16H2,1H3,(H,26,31)(H,29,30). The normalized spacial score (nSPS) is 18.8. The maximum Gasteiger partial charge on any atom is 0.303 e. The molecule has 2 aliphatic rings. The van der Waals surface area contributed by atoms with Crippen LogP contribution in [0.25, 0.3) is 0 Å². The SMILES string of the molecule is CN1CCN(N=Cc2ccc(NC(=O)c3ccc4c(c3)OCC(CC(=O)O)C4)cc2)CC1. The van der Waals surface area contributed by atoms with Crippen molar-refractivity contribution < 1.29 is 19.4 Å². The molecule has 2 heterocycles. The van der Waals surface area contributed by atoms with E-state index in [1.807, 2.05) is 36.5 Å². The highest BCUT2D eigenvalue weighted by Crippen LogP contribution is 2.30. The van der Waals surface area contributed by atoms with E-state index in [9.17, 15) is 9.59 Å². The quantitative estimate of drug-likeness (QED) is 0.676. The van der Waals surface area contributed by atoms with E-state index in [2.05, 4.69) is 27.4 Å². The topological polar surface area (TPSA) is 94.5 Å². The van der Waals surface area contributed by atoms with Crippen LogP contribution in [0.4, 0.5) is 5.69 Å². The minimum absolute atomic E-state index is 0.0435. The molecule has 0 radical (unpaired) electrons. The zero-order chi connectivity index (χ0) is 22.5. The fourth-order valence-electron chi connectivity index (χ4n) is 3.87. The molecule has 1 atom stereocenters. The summed E-state index contributed by atoms with van der Waals surface area (Å²) in [5.41, 5.74) is 3.11. The lowest BCUT2D eigenvalue weighted by molar-refractivity contribution is -0.138. The molecule has 168 valence electrons. The Morgan fingerprint density at radius 3 is 2.62 bits per heavy atom. The first kappa shape index (κ1) is 21.8. The van der Waals surface area contributed by atoms with E-state index in [4.69, 9.17) is 9.84 Å². The zero-order valence-electron chi connectivity index (χ0n) is 18.2. The molecule has 1 saturated heterocycles. The van der Waals surface area contributed by atoms with Crippen molar-refractivity contribution in [2.45, 2.75) is 12.8 Å². The van der Waals surface area contributed by atoms with Gasteiger partial charge in [0, 0.05) is 43.3 Å². The molecule has 1 amide bonds. The summed E-state index contributed by atoms with van der Waals surface area (Å²) in [5, 5.41) is 18.5. The first-order valence-corrected chi connectivity index (χ1v) is 10.8. The highest BCUT2D eigenvalue weighted by atomic mass is 16.5. The predicted octanol–water partition coefficient (Wildman–Crippen LogP) is 2.55. The van der Waals surface area contributed by atoms with Crippen molar-refractivity contribution in [3.8, 4) is 5.75 Å². The third-order valence-electron chi connectivity index (χ3n) is 5.79. The molecular formula is C24H28N4O4. The number of rotatable bonds is 6. The summed E-state index contributed by atoms with van der Waals surface area (Å²) in [6.07, 6.45) is 2.56. The molecule has 8 nitrogen and oxygen atoms in total. The van der Waals surface area contributed by atoms with Crippen LogP contribution in [0.1, 0.15) is 27.9 Å². The Bertz CT molecular complexity index is 998. The lowest BCUT2D eigenvalue weighted by atomic mass is 9.93. The number of anilines is 1. The maximum atomic E-state index is 12.7. The van der Waals surface area contributed by atoms with Gasteiger partial charge in [-0.15, -0.1) is 0 Å². The molecule has 1 unspecified atom stereocenters. The number of piperazine rings is 1. The van der Waals surface area contributed by atoms with Crippen molar-refractivity contribution in [3.05, 3.63) is 59.2 Å². The number of nitrogens with zero attached hydrogens (tertiary/aromatic N) is 3. The number of likely N-dealkylation sites (N-methyl/N-ethyl adjacent to an activating group) is 1. The summed E-state index contributed by atoms with van der Waals surface area (Å²) < 4.78 is 5.71. The Balaban J connectivity index is 1.33. The molecule has 0 saturated carbocycles. The van der Waals surface area contributed by atoms with Gasteiger partial charge in [0.15, 0.2) is 0 Å². The smallest absolute Gasteiger partial charge is 0.303 e. The van der Waals surface area contributed by atoms with E-state index in [0.29, 0.717) is 30.0 Å². The third-order valence-corrected chi connectivity index (χ3v) is 5.79. The number of aliphatic carboxylic acids is 1. The average Bonchev–Trinajstić information content (AvgIpc) is 2.79. The van der Waals surface area contributed by atoms with Gasteiger partial charge in [0.2, 0.25) is 0 Å². The van der Waals surface area contributed by atoms with Gasteiger partial charge in [-0.1, -0.05) is 18.2 Å². The minimum Gasteiger partial charge on any atom is -0.493 e. The number of amides is 1. The van der Waals surface area contributed by atoms with Gasteiger partial charge in [-0.05, 0) is 48.9 Å². The molecule has 4 rings (SSSR count). The van der Waals surface area contributed by atoms with Crippen molar-refractivity contribution in [2.75, 3.05) is 45.2 Å². The number of carboxylic acid groups (broad SMARTS) is 1. The molecule has 0 aromatic heterocycles. The lowest BCUT2D eigenvalue weighted by Crippen LogP contribution is -2.41.